The molecule has 0 amide bonds. The number of rotatable bonds is 4. The van der Waals surface area contributed by atoms with E-state index in [4.69, 9.17) is 9.47 Å². The highest BCUT2D eigenvalue weighted by molar-refractivity contribution is 5.99. The zero-order chi connectivity index (χ0) is 13.5. The van der Waals surface area contributed by atoms with Crippen molar-refractivity contribution >= 4 is 11.9 Å². The van der Waals surface area contributed by atoms with Crippen molar-refractivity contribution in [2.24, 2.45) is 0 Å². The minimum atomic E-state index is 0.235. The number of ether oxygens (including phenoxy) is 2. The number of hydrogen-bond donors (Lipinski definition) is 0. The average Bonchev–Trinajstić information content (AvgIpc) is 2.62. The van der Waals surface area contributed by atoms with Crippen molar-refractivity contribution in [2.45, 2.75) is 32.1 Å². The van der Waals surface area contributed by atoms with Crippen LogP contribution in [0, 0.1) is 0 Å². The van der Waals surface area contributed by atoms with E-state index in [1.54, 1.807) is 7.11 Å². The lowest BCUT2D eigenvalue weighted by atomic mass is 10.0. The minimum Gasteiger partial charge on any atom is -0.468 e. The maximum Gasteiger partial charge on any atom is 0.188 e. The maximum absolute atomic E-state index is 12.0. The highest BCUT2D eigenvalue weighted by atomic mass is 16.7. The minimum absolute atomic E-state index is 0.235. The number of allylic oxidation sites excluding steroid dienone is 1. The van der Waals surface area contributed by atoms with Gasteiger partial charge < -0.3 is 9.47 Å². The fraction of sp³-hybridized carbons (Fsp3) is 0.438. The molecular formula is C16H20O3. The van der Waals surface area contributed by atoms with Gasteiger partial charge in [0, 0.05) is 13.5 Å². The van der Waals surface area contributed by atoms with E-state index in [0.29, 0.717) is 12.2 Å². The van der Waals surface area contributed by atoms with Crippen LogP contribution in [-0.4, -0.2) is 19.7 Å². The Bertz CT molecular complexity index is 463. The standard InChI is InChI=1S/C16H20O3/c1-18-12-19-15-8-5-6-13(11-15)10-14-7-3-2-4-9-16(14)17/h5-6,8,10-11H,2-4,7,9,12H2,1H3/b14-10+. The van der Waals surface area contributed by atoms with Crippen LogP contribution < -0.4 is 4.74 Å². The summed E-state index contributed by atoms with van der Waals surface area (Å²) >= 11 is 0. The largest absolute Gasteiger partial charge is 0.468 e. The summed E-state index contributed by atoms with van der Waals surface area (Å²) in [7, 11) is 1.59. The molecule has 2 rings (SSSR count). The molecule has 0 spiro atoms. The lowest BCUT2D eigenvalue weighted by Gasteiger charge is -2.06. The molecule has 0 bridgehead atoms. The van der Waals surface area contributed by atoms with E-state index in [9.17, 15) is 4.79 Å². The number of methoxy groups -OCH3 is 1. The SMILES string of the molecule is COCOc1cccc(/C=C2\CCCCCC2=O)c1. The van der Waals surface area contributed by atoms with Gasteiger partial charge in [0.1, 0.15) is 5.75 Å². The summed E-state index contributed by atoms with van der Waals surface area (Å²) in [5.74, 6) is 1.05. The van der Waals surface area contributed by atoms with Crippen molar-refractivity contribution in [1.29, 1.82) is 0 Å². The van der Waals surface area contributed by atoms with Gasteiger partial charge in [-0.15, -0.1) is 0 Å². The molecule has 102 valence electrons. The van der Waals surface area contributed by atoms with Crippen molar-refractivity contribution in [3.63, 3.8) is 0 Å². The van der Waals surface area contributed by atoms with E-state index in [1.165, 1.54) is 0 Å². The maximum atomic E-state index is 12.0. The van der Waals surface area contributed by atoms with Crippen LogP contribution in [-0.2, 0) is 9.53 Å². The lowest BCUT2D eigenvalue weighted by Crippen LogP contribution is -2.00. The Balaban J connectivity index is 2.14. The summed E-state index contributed by atoms with van der Waals surface area (Å²) in [6, 6.07) is 7.74. The van der Waals surface area contributed by atoms with Gasteiger partial charge in [-0.05, 0) is 48.6 Å². The third-order valence-corrected chi connectivity index (χ3v) is 3.25. The molecule has 1 fully saturated rings. The predicted octanol–water partition coefficient (Wildman–Crippen LogP) is 3.59. The molecule has 3 heteroatoms. The van der Waals surface area contributed by atoms with Gasteiger partial charge in [-0.25, -0.2) is 0 Å². The molecule has 0 aromatic heterocycles. The molecule has 1 aliphatic carbocycles. The Morgan fingerprint density at radius 2 is 2.05 bits per heavy atom. The van der Waals surface area contributed by atoms with E-state index >= 15 is 0 Å². The summed E-state index contributed by atoms with van der Waals surface area (Å²) < 4.78 is 10.3. The first kappa shape index (κ1) is 13.8. The van der Waals surface area contributed by atoms with E-state index in [0.717, 1.165) is 42.6 Å². The summed E-state index contributed by atoms with van der Waals surface area (Å²) in [6.45, 7) is 0.235. The molecule has 1 aromatic carbocycles. The monoisotopic (exact) mass is 260 g/mol. The number of carbonyl (C=O) groups excluding carboxylic acids is 1. The third kappa shape index (κ3) is 4.21. The first-order chi connectivity index (χ1) is 9.29. The van der Waals surface area contributed by atoms with Gasteiger partial charge in [0.2, 0.25) is 0 Å². The van der Waals surface area contributed by atoms with Crippen LogP contribution in [0.2, 0.25) is 0 Å². The van der Waals surface area contributed by atoms with Crippen molar-refractivity contribution in [3.8, 4) is 5.75 Å². The van der Waals surface area contributed by atoms with E-state index in [1.807, 2.05) is 30.3 Å². The Kier molecular flexibility index (Phi) is 5.16. The van der Waals surface area contributed by atoms with Gasteiger partial charge >= 0.3 is 0 Å². The first-order valence-corrected chi connectivity index (χ1v) is 6.75. The number of benzene rings is 1. The topological polar surface area (TPSA) is 35.5 Å². The summed E-state index contributed by atoms with van der Waals surface area (Å²) in [5.41, 5.74) is 1.96. The van der Waals surface area contributed by atoms with Crippen LogP contribution in [0.5, 0.6) is 5.75 Å². The Labute approximate surface area is 114 Å². The van der Waals surface area contributed by atoms with Crippen LogP contribution in [0.15, 0.2) is 29.8 Å². The van der Waals surface area contributed by atoms with Gasteiger partial charge in [-0.2, -0.15) is 0 Å². The number of carbonyl (C=O) groups is 1. The molecule has 19 heavy (non-hydrogen) atoms. The summed E-state index contributed by atoms with van der Waals surface area (Å²) in [4.78, 5) is 12.0. The van der Waals surface area contributed by atoms with E-state index in [-0.39, 0.29) is 6.79 Å². The molecule has 0 unspecified atom stereocenters. The second-order valence-electron chi connectivity index (χ2n) is 4.78. The van der Waals surface area contributed by atoms with E-state index < -0.39 is 0 Å². The molecule has 3 nitrogen and oxygen atoms in total. The molecule has 0 saturated heterocycles. The number of ketones is 1. The Morgan fingerprint density at radius 3 is 2.89 bits per heavy atom. The van der Waals surface area contributed by atoms with Crippen LogP contribution in [0.1, 0.15) is 37.7 Å². The van der Waals surface area contributed by atoms with Crippen molar-refractivity contribution in [3.05, 3.63) is 35.4 Å². The molecule has 0 atom stereocenters. The molecule has 1 aliphatic rings. The highest BCUT2D eigenvalue weighted by Gasteiger charge is 2.13. The van der Waals surface area contributed by atoms with Gasteiger partial charge in [0.05, 0.1) is 0 Å². The average molecular weight is 260 g/mol. The quantitative estimate of drug-likeness (QED) is 0.471. The number of Topliss-reactive ketones (excluding diaryl/α,β-unsaturated/α-hetero) is 1. The van der Waals surface area contributed by atoms with Gasteiger partial charge in [0.15, 0.2) is 12.6 Å². The van der Waals surface area contributed by atoms with Crippen LogP contribution in [0.4, 0.5) is 0 Å². The van der Waals surface area contributed by atoms with Crippen LogP contribution in [0.25, 0.3) is 6.08 Å². The predicted molar refractivity (Wildman–Crippen MR) is 75.0 cm³/mol. The van der Waals surface area contributed by atoms with Gasteiger partial charge in [-0.3, -0.25) is 4.79 Å². The fourth-order valence-corrected chi connectivity index (χ4v) is 2.25. The molecular weight excluding hydrogens is 240 g/mol. The molecule has 0 heterocycles. The van der Waals surface area contributed by atoms with Gasteiger partial charge in [0.25, 0.3) is 0 Å². The second-order valence-corrected chi connectivity index (χ2v) is 4.78. The highest BCUT2D eigenvalue weighted by Crippen LogP contribution is 2.23. The molecule has 0 radical (unpaired) electrons. The Hall–Kier alpha value is -1.61. The van der Waals surface area contributed by atoms with Gasteiger partial charge in [-0.1, -0.05) is 18.6 Å². The van der Waals surface area contributed by atoms with Crippen LogP contribution >= 0.6 is 0 Å². The normalized spacial score (nSPS) is 18.4. The van der Waals surface area contributed by atoms with Crippen LogP contribution in [0.3, 0.4) is 0 Å². The third-order valence-electron chi connectivity index (χ3n) is 3.25. The molecule has 1 saturated carbocycles. The van der Waals surface area contributed by atoms with Crippen molar-refractivity contribution in [1.82, 2.24) is 0 Å². The first-order valence-electron chi connectivity index (χ1n) is 6.75. The Morgan fingerprint density at radius 1 is 1.21 bits per heavy atom. The summed E-state index contributed by atoms with van der Waals surface area (Å²) in [5, 5.41) is 0. The number of hydrogen-bond acceptors (Lipinski definition) is 3. The van der Waals surface area contributed by atoms with E-state index in [2.05, 4.69) is 0 Å². The zero-order valence-corrected chi connectivity index (χ0v) is 11.4. The molecule has 0 N–H and O–H groups in total. The van der Waals surface area contributed by atoms with Crippen molar-refractivity contribution in [2.75, 3.05) is 13.9 Å². The molecule has 0 aliphatic heterocycles. The lowest BCUT2D eigenvalue weighted by molar-refractivity contribution is -0.115. The smallest absolute Gasteiger partial charge is 0.188 e. The summed E-state index contributed by atoms with van der Waals surface area (Å²) in [6.07, 6.45) is 6.85. The molecule has 1 aromatic rings. The second kappa shape index (κ2) is 7.10. The zero-order valence-electron chi connectivity index (χ0n) is 11.4. The van der Waals surface area contributed by atoms with Crippen molar-refractivity contribution < 1.29 is 14.3 Å². The fourth-order valence-electron chi connectivity index (χ4n) is 2.25.